The smallest absolute Gasteiger partial charge is 0.184 e. The van der Waals surface area contributed by atoms with Gasteiger partial charge in [0.2, 0.25) is 0 Å². The lowest BCUT2D eigenvalue weighted by Gasteiger charge is -2.37. The molecule has 0 amide bonds. The van der Waals surface area contributed by atoms with Crippen LogP contribution >= 0.6 is 22.9 Å². The number of aliphatic hydroxyl groups excluding tert-OH is 3. The molecule has 2 heterocycles. The van der Waals surface area contributed by atoms with E-state index < -0.39 is 24.4 Å². The summed E-state index contributed by atoms with van der Waals surface area (Å²) in [5.74, 6) is 0. The number of hydrogen-bond acceptors (Lipinski definition) is 7. The maximum Gasteiger partial charge on any atom is 0.184 e. The third kappa shape index (κ3) is 2.87. The van der Waals surface area contributed by atoms with Crippen LogP contribution in [0.3, 0.4) is 0 Å². The van der Waals surface area contributed by atoms with E-state index in [-0.39, 0.29) is 13.2 Å². The zero-order valence-corrected chi connectivity index (χ0v) is 10.4. The van der Waals surface area contributed by atoms with Gasteiger partial charge in [0.1, 0.15) is 23.5 Å². The molecule has 0 bridgehead atoms. The molecule has 0 spiro atoms. The van der Waals surface area contributed by atoms with Crippen LogP contribution in [0, 0.1) is 0 Å². The van der Waals surface area contributed by atoms with Crippen molar-refractivity contribution in [1.82, 2.24) is 4.98 Å². The van der Waals surface area contributed by atoms with E-state index in [1.54, 1.807) is 5.38 Å². The topological polar surface area (TPSA) is 94.8 Å². The van der Waals surface area contributed by atoms with Gasteiger partial charge in [-0.2, -0.15) is 0 Å². The number of halogens is 1. The molecule has 0 unspecified atom stereocenters. The fourth-order valence-corrected chi connectivity index (χ4v) is 2.55. The minimum Gasteiger partial charge on any atom is -0.394 e. The Balaban J connectivity index is 1.98. The van der Waals surface area contributed by atoms with Crippen LogP contribution in [0.1, 0.15) is 0 Å². The molecule has 1 saturated heterocycles. The van der Waals surface area contributed by atoms with Gasteiger partial charge < -0.3 is 25.4 Å². The van der Waals surface area contributed by atoms with E-state index in [0.717, 1.165) is 0 Å². The number of aromatic nitrogens is 1. The SMILES string of the molecule is OC[C@H]1OC[C@@H](Nc2nc(Cl)cs2)[C@@H](O)[C@H]1O. The lowest BCUT2D eigenvalue weighted by molar-refractivity contribution is -0.152. The third-order valence-corrected chi connectivity index (χ3v) is 3.69. The Morgan fingerprint density at radius 2 is 2.29 bits per heavy atom. The highest BCUT2D eigenvalue weighted by atomic mass is 35.5. The second-order valence-corrected chi connectivity index (χ2v) is 5.01. The Morgan fingerprint density at radius 1 is 1.53 bits per heavy atom. The average molecular weight is 281 g/mol. The van der Waals surface area contributed by atoms with Gasteiger partial charge in [-0.25, -0.2) is 4.98 Å². The summed E-state index contributed by atoms with van der Waals surface area (Å²) in [6.45, 7) is -0.144. The predicted octanol–water partition coefficient (Wildman–Crippen LogP) is -0.310. The Labute approximate surface area is 107 Å². The standard InChI is InChI=1S/C9H13ClN2O4S/c10-6-3-17-9(12-6)11-4-2-16-5(1-13)8(15)7(4)14/h3-5,7-8,13-15H,1-2H2,(H,11,12)/t4-,5-,7-,8+/m1/s1. The summed E-state index contributed by atoms with van der Waals surface area (Å²) in [4.78, 5) is 3.98. The minimum absolute atomic E-state index is 0.181. The van der Waals surface area contributed by atoms with E-state index in [1.165, 1.54) is 11.3 Å². The summed E-state index contributed by atoms with van der Waals surface area (Å²) in [5.41, 5.74) is 0. The molecule has 4 N–H and O–H groups in total. The third-order valence-electron chi connectivity index (χ3n) is 2.60. The van der Waals surface area contributed by atoms with Gasteiger partial charge >= 0.3 is 0 Å². The van der Waals surface area contributed by atoms with Gasteiger partial charge in [-0.3, -0.25) is 0 Å². The highest BCUT2D eigenvalue weighted by Crippen LogP contribution is 2.23. The Morgan fingerprint density at radius 3 is 2.88 bits per heavy atom. The van der Waals surface area contributed by atoms with Gasteiger partial charge in [0.15, 0.2) is 5.13 Å². The second kappa shape index (κ2) is 5.47. The van der Waals surface area contributed by atoms with Crippen LogP contribution in [0.2, 0.25) is 5.15 Å². The molecule has 17 heavy (non-hydrogen) atoms. The average Bonchev–Trinajstić information content (AvgIpc) is 2.71. The maximum atomic E-state index is 9.85. The fraction of sp³-hybridized carbons (Fsp3) is 0.667. The number of thiazole rings is 1. The van der Waals surface area contributed by atoms with Crippen LogP contribution in [0.5, 0.6) is 0 Å². The number of nitrogens with one attached hydrogen (secondary N) is 1. The van der Waals surface area contributed by atoms with E-state index in [9.17, 15) is 10.2 Å². The van der Waals surface area contributed by atoms with Gasteiger partial charge in [0, 0.05) is 5.38 Å². The number of hydrogen-bond donors (Lipinski definition) is 4. The van der Waals surface area contributed by atoms with Crippen molar-refractivity contribution >= 4 is 28.1 Å². The number of aliphatic hydroxyl groups is 3. The van der Waals surface area contributed by atoms with Crippen molar-refractivity contribution in [3.05, 3.63) is 10.5 Å². The molecule has 1 fully saturated rings. The van der Waals surface area contributed by atoms with Crippen molar-refractivity contribution in [2.24, 2.45) is 0 Å². The molecular formula is C9H13ClN2O4S. The molecule has 1 aromatic rings. The monoisotopic (exact) mass is 280 g/mol. The van der Waals surface area contributed by atoms with Crippen molar-refractivity contribution in [3.8, 4) is 0 Å². The summed E-state index contributed by atoms with van der Waals surface area (Å²) < 4.78 is 5.22. The quantitative estimate of drug-likeness (QED) is 0.607. The van der Waals surface area contributed by atoms with Crippen molar-refractivity contribution in [2.45, 2.75) is 24.4 Å². The molecule has 8 heteroatoms. The van der Waals surface area contributed by atoms with Gasteiger partial charge in [-0.05, 0) is 0 Å². The summed E-state index contributed by atoms with van der Waals surface area (Å²) in [5, 5.41) is 34.0. The molecule has 96 valence electrons. The summed E-state index contributed by atoms with van der Waals surface area (Å²) >= 11 is 6.97. The molecule has 1 aliphatic heterocycles. The number of nitrogens with zero attached hydrogens (tertiary/aromatic N) is 1. The molecule has 2 rings (SSSR count). The Kier molecular flexibility index (Phi) is 4.18. The molecule has 1 aromatic heterocycles. The number of ether oxygens (including phenoxy) is 1. The van der Waals surface area contributed by atoms with Gasteiger partial charge in [-0.15, -0.1) is 11.3 Å². The predicted molar refractivity (Wildman–Crippen MR) is 63.4 cm³/mol. The summed E-state index contributed by atoms with van der Waals surface area (Å²) in [6, 6.07) is -0.477. The number of rotatable bonds is 3. The van der Waals surface area contributed by atoms with Crippen LogP contribution in [0.4, 0.5) is 5.13 Å². The first kappa shape index (κ1) is 13.0. The van der Waals surface area contributed by atoms with Crippen molar-refractivity contribution in [3.63, 3.8) is 0 Å². The first-order valence-electron chi connectivity index (χ1n) is 5.08. The Bertz CT molecular complexity index is 378. The Hall–Kier alpha value is -0.440. The van der Waals surface area contributed by atoms with Crippen LogP contribution in [0.15, 0.2) is 5.38 Å². The molecule has 6 nitrogen and oxygen atoms in total. The minimum atomic E-state index is -1.12. The van der Waals surface area contributed by atoms with Crippen LogP contribution in [-0.2, 0) is 4.74 Å². The lowest BCUT2D eigenvalue weighted by atomic mass is 9.99. The molecule has 0 radical (unpaired) electrons. The first-order valence-corrected chi connectivity index (χ1v) is 6.33. The highest BCUT2D eigenvalue weighted by molar-refractivity contribution is 7.14. The van der Waals surface area contributed by atoms with Gasteiger partial charge in [0.05, 0.1) is 19.3 Å². The first-order chi connectivity index (χ1) is 8.11. The zero-order valence-electron chi connectivity index (χ0n) is 8.78. The molecule has 0 aliphatic carbocycles. The second-order valence-electron chi connectivity index (χ2n) is 3.76. The fourth-order valence-electron chi connectivity index (χ4n) is 1.65. The van der Waals surface area contributed by atoms with Crippen LogP contribution in [-0.4, -0.2) is 57.9 Å². The van der Waals surface area contributed by atoms with Crippen LogP contribution in [0.25, 0.3) is 0 Å². The molecular weight excluding hydrogens is 268 g/mol. The van der Waals surface area contributed by atoms with Gasteiger partial charge in [-0.1, -0.05) is 11.6 Å². The highest BCUT2D eigenvalue weighted by Gasteiger charge is 2.38. The molecule has 1 aliphatic rings. The number of anilines is 1. The van der Waals surface area contributed by atoms with Gasteiger partial charge in [0.25, 0.3) is 0 Å². The molecule has 0 saturated carbocycles. The van der Waals surface area contributed by atoms with Crippen LogP contribution < -0.4 is 5.32 Å². The maximum absolute atomic E-state index is 9.85. The summed E-state index contributed by atoms with van der Waals surface area (Å²) in [6.07, 6.45) is -2.90. The molecule has 0 aromatic carbocycles. The lowest BCUT2D eigenvalue weighted by Crippen LogP contribution is -2.56. The van der Waals surface area contributed by atoms with E-state index in [2.05, 4.69) is 10.3 Å². The van der Waals surface area contributed by atoms with E-state index in [4.69, 9.17) is 21.4 Å². The summed E-state index contributed by atoms with van der Waals surface area (Å²) in [7, 11) is 0. The van der Waals surface area contributed by atoms with E-state index in [1.807, 2.05) is 0 Å². The van der Waals surface area contributed by atoms with Crippen molar-refractivity contribution < 1.29 is 20.1 Å². The molecule has 4 atom stereocenters. The zero-order chi connectivity index (χ0) is 12.4. The van der Waals surface area contributed by atoms with Crippen molar-refractivity contribution in [1.29, 1.82) is 0 Å². The van der Waals surface area contributed by atoms with E-state index >= 15 is 0 Å². The van der Waals surface area contributed by atoms with E-state index in [0.29, 0.717) is 10.3 Å². The van der Waals surface area contributed by atoms with Crippen molar-refractivity contribution in [2.75, 3.05) is 18.5 Å². The normalized spacial score (nSPS) is 33.6. The largest absolute Gasteiger partial charge is 0.394 e.